The molecule has 1 aromatic carbocycles. The van der Waals surface area contributed by atoms with Gasteiger partial charge in [-0.1, -0.05) is 13.8 Å². The van der Waals surface area contributed by atoms with Crippen LogP contribution >= 0.6 is 0 Å². The average Bonchev–Trinajstić information content (AvgIpc) is 3.10. The number of nitrogens with one attached hydrogen (secondary N) is 1. The summed E-state index contributed by atoms with van der Waals surface area (Å²) in [7, 11) is 1.55. The number of fused-ring (bicyclic) bond motifs is 2. The topological polar surface area (TPSA) is 87.5 Å². The normalized spacial score (nSPS) is 18.1. The molecular weight excluding hydrogens is 348 g/mol. The van der Waals surface area contributed by atoms with Gasteiger partial charge in [-0.2, -0.15) is 0 Å². The summed E-state index contributed by atoms with van der Waals surface area (Å²) >= 11 is 0. The zero-order valence-corrected chi connectivity index (χ0v) is 15.8. The van der Waals surface area contributed by atoms with Crippen LogP contribution in [0.3, 0.4) is 0 Å². The molecule has 2 aromatic rings. The van der Waals surface area contributed by atoms with Gasteiger partial charge in [-0.15, -0.1) is 10.2 Å². The maximum atomic E-state index is 12.8. The number of ether oxygens (including phenoxy) is 3. The Balaban J connectivity index is 1.52. The first-order chi connectivity index (χ1) is 13.1. The molecule has 1 unspecified atom stereocenters. The highest BCUT2D eigenvalue weighted by molar-refractivity contribution is 5.95. The second-order valence-corrected chi connectivity index (χ2v) is 7.15. The second kappa shape index (κ2) is 7.09. The van der Waals surface area contributed by atoms with Crippen LogP contribution in [0.5, 0.6) is 17.2 Å². The van der Waals surface area contributed by atoms with E-state index in [2.05, 4.69) is 33.9 Å². The van der Waals surface area contributed by atoms with E-state index in [1.807, 2.05) is 0 Å². The predicted octanol–water partition coefficient (Wildman–Crippen LogP) is 1.93. The molecule has 144 valence electrons. The fourth-order valence-electron chi connectivity index (χ4n) is 3.57. The van der Waals surface area contributed by atoms with Crippen LogP contribution in [0.1, 0.15) is 48.2 Å². The van der Waals surface area contributed by atoms with Crippen LogP contribution < -0.4 is 19.5 Å². The molecule has 8 nitrogen and oxygen atoms in total. The Bertz CT molecular complexity index is 844. The molecule has 0 saturated heterocycles. The molecule has 0 saturated carbocycles. The van der Waals surface area contributed by atoms with Crippen molar-refractivity contribution < 1.29 is 19.0 Å². The van der Waals surface area contributed by atoms with Crippen molar-refractivity contribution in [1.82, 2.24) is 20.1 Å². The standard InChI is InChI=1S/C19H24N4O4/c1-11(2)18-22-21-16-5-4-13(10-23(16)18)20-19(24)12-8-14(25-3)17-15(9-12)26-6-7-27-17/h8-9,11,13H,4-7,10H2,1-3H3,(H,20,24). The van der Waals surface area contributed by atoms with Crippen LogP contribution in [0.25, 0.3) is 0 Å². The fourth-order valence-corrected chi connectivity index (χ4v) is 3.57. The van der Waals surface area contributed by atoms with E-state index in [-0.39, 0.29) is 11.9 Å². The maximum absolute atomic E-state index is 12.8. The van der Waals surface area contributed by atoms with Gasteiger partial charge in [0.05, 0.1) is 7.11 Å². The number of aromatic nitrogens is 3. The molecular formula is C19H24N4O4. The number of carbonyl (C=O) groups excluding carboxylic acids is 1. The summed E-state index contributed by atoms with van der Waals surface area (Å²) in [6.07, 6.45) is 1.64. The van der Waals surface area contributed by atoms with Crippen molar-refractivity contribution >= 4 is 5.91 Å². The van der Waals surface area contributed by atoms with Crippen molar-refractivity contribution in [3.63, 3.8) is 0 Å². The van der Waals surface area contributed by atoms with E-state index in [9.17, 15) is 4.79 Å². The lowest BCUT2D eigenvalue weighted by molar-refractivity contribution is 0.0925. The highest BCUT2D eigenvalue weighted by Gasteiger charge is 2.26. The number of aryl methyl sites for hydroxylation is 1. The van der Waals surface area contributed by atoms with Crippen LogP contribution in [0.2, 0.25) is 0 Å². The van der Waals surface area contributed by atoms with E-state index in [1.54, 1.807) is 19.2 Å². The second-order valence-electron chi connectivity index (χ2n) is 7.15. The van der Waals surface area contributed by atoms with Crippen molar-refractivity contribution in [2.24, 2.45) is 0 Å². The van der Waals surface area contributed by atoms with Crippen LogP contribution in [0.4, 0.5) is 0 Å². The minimum atomic E-state index is -0.155. The van der Waals surface area contributed by atoms with Crippen molar-refractivity contribution in [3.8, 4) is 17.2 Å². The first-order valence-corrected chi connectivity index (χ1v) is 9.27. The van der Waals surface area contributed by atoms with Gasteiger partial charge in [-0.05, 0) is 18.6 Å². The number of rotatable bonds is 4. The summed E-state index contributed by atoms with van der Waals surface area (Å²) in [6.45, 7) is 5.81. The highest BCUT2D eigenvalue weighted by Crippen LogP contribution is 2.40. The van der Waals surface area contributed by atoms with Crippen molar-refractivity contribution in [2.75, 3.05) is 20.3 Å². The molecule has 4 rings (SSSR count). The minimum Gasteiger partial charge on any atom is -0.493 e. The van der Waals surface area contributed by atoms with E-state index in [1.165, 1.54) is 0 Å². The third-order valence-corrected chi connectivity index (χ3v) is 4.92. The van der Waals surface area contributed by atoms with E-state index in [0.29, 0.717) is 48.5 Å². The SMILES string of the molecule is COc1cc(C(=O)NC2CCc3nnc(C(C)C)n3C2)cc2c1OCCO2. The summed E-state index contributed by atoms with van der Waals surface area (Å²) < 4.78 is 18.7. The number of benzene rings is 1. The average molecular weight is 372 g/mol. The molecule has 3 heterocycles. The number of amides is 1. The number of methoxy groups -OCH3 is 1. The van der Waals surface area contributed by atoms with Crippen LogP contribution in [0.15, 0.2) is 12.1 Å². The van der Waals surface area contributed by atoms with E-state index < -0.39 is 0 Å². The fraction of sp³-hybridized carbons (Fsp3) is 0.526. The Kier molecular flexibility index (Phi) is 4.63. The lowest BCUT2D eigenvalue weighted by Gasteiger charge is -2.26. The molecule has 0 fully saturated rings. The molecule has 0 radical (unpaired) electrons. The molecule has 1 atom stereocenters. The van der Waals surface area contributed by atoms with Gasteiger partial charge in [0.1, 0.15) is 24.9 Å². The van der Waals surface area contributed by atoms with E-state index in [0.717, 1.165) is 24.5 Å². The summed E-state index contributed by atoms with van der Waals surface area (Å²) in [5.41, 5.74) is 0.495. The third kappa shape index (κ3) is 3.31. The van der Waals surface area contributed by atoms with Crippen molar-refractivity contribution in [3.05, 3.63) is 29.3 Å². The molecule has 2 aliphatic rings. The van der Waals surface area contributed by atoms with Crippen LogP contribution in [-0.2, 0) is 13.0 Å². The third-order valence-electron chi connectivity index (χ3n) is 4.92. The Morgan fingerprint density at radius 1 is 1.30 bits per heavy atom. The quantitative estimate of drug-likeness (QED) is 0.882. The molecule has 2 aliphatic heterocycles. The molecule has 0 aliphatic carbocycles. The van der Waals surface area contributed by atoms with Gasteiger partial charge >= 0.3 is 0 Å². The minimum absolute atomic E-state index is 0.0256. The van der Waals surface area contributed by atoms with Gasteiger partial charge in [-0.25, -0.2) is 0 Å². The first kappa shape index (κ1) is 17.6. The summed E-state index contributed by atoms with van der Waals surface area (Å²) in [4.78, 5) is 12.8. The number of nitrogens with zero attached hydrogens (tertiary/aromatic N) is 3. The van der Waals surface area contributed by atoms with Crippen LogP contribution in [-0.4, -0.2) is 47.0 Å². The molecule has 0 bridgehead atoms. The van der Waals surface area contributed by atoms with E-state index in [4.69, 9.17) is 14.2 Å². The lowest BCUT2D eigenvalue weighted by Crippen LogP contribution is -2.41. The Labute approximate surface area is 157 Å². The first-order valence-electron chi connectivity index (χ1n) is 9.27. The number of hydrogen-bond donors (Lipinski definition) is 1. The summed E-state index contributed by atoms with van der Waals surface area (Å²) in [6, 6.07) is 3.42. The Morgan fingerprint density at radius 2 is 2.11 bits per heavy atom. The van der Waals surface area contributed by atoms with Gasteiger partial charge in [0.25, 0.3) is 5.91 Å². The molecule has 1 N–H and O–H groups in total. The summed E-state index contributed by atoms with van der Waals surface area (Å²) in [5, 5.41) is 11.7. The van der Waals surface area contributed by atoms with Gasteiger partial charge < -0.3 is 24.1 Å². The largest absolute Gasteiger partial charge is 0.493 e. The number of hydrogen-bond acceptors (Lipinski definition) is 6. The zero-order chi connectivity index (χ0) is 19.0. The smallest absolute Gasteiger partial charge is 0.251 e. The maximum Gasteiger partial charge on any atom is 0.251 e. The van der Waals surface area contributed by atoms with Gasteiger partial charge in [0.2, 0.25) is 5.75 Å². The monoisotopic (exact) mass is 372 g/mol. The van der Waals surface area contributed by atoms with Crippen molar-refractivity contribution in [1.29, 1.82) is 0 Å². The van der Waals surface area contributed by atoms with Gasteiger partial charge in [0, 0.05) is 30.5 Å². The summed E-state index contributed by atoms with van der Waals surface area (Å²) in [5.74, 6) is 3.69. The van der Waals surface area contributed by atoms with Gasteiger partial charge in [0.15, 0.2) is 11.5 Å². The number of carbonyl (C=O) groups is 1. The molecule has 1 aromatic heterocycles. The van der Waals surface area contributed by atoms with Gasteiger partial charge in [-0.3, -0.25) is 4.79 Å². The molecule has 0 spiro atoms. The lowest BCUT2D eigenvalue weighted by atomic mass is 10.0. The molecule has 27 heavy (non-hydrogen) atoms. The molecule has 1 amide bonds. The highest BCUT2D eigenvalue weighted by atomic mass is 16.6. The Morgan fingerprint density at radius 3 is 2.89 bits per heavy atom. The van der Waals surface area contributed by atoms with Crippen molar-refractivity contribution in [2.45, 2.75) is 45.2 Å². The molecule has 8 heteroatoms. The van der Waals surface area contributed by atoms with Crippen LogP contribution in [0, 0.1) is 0 Å². The predicted molar refractivity (Wildman–Crippen MR) is 97.7 cm³/mol. The van der Waals surface area contributed by atoms with E-state index >= 15 is 0 Å². The Hall–Kier alpha value is -2.77. The zero-order valence-electron chi connectivity index (χ0n) is 15.8.